The quantitative estimate of drug-likeness (QED) is 0.724. The number of rotatable bonds is 2. The maximum absolute atomic E-state index is 12.5. The minimum atomic E-state index is -4.91. The van der Waals surface area contributed by atoms with Crippen LogP contribution in [0.1, 0.15) is 0 Å². The molecule has 0 amide bonds. The lowest BCUT2D eigenvalue weighted by atomic mass is 10.2. The van der Waals surface area contributed by atoms with Gasteiger partial charge in [0, 0.05) is 6.54 Å². The number of alkyl halides is 3. The molecule has 1 aliphatic heterocycles. The van der Waals surface area contributed by atoms with Crippen LogP contribution in [0.25, 0.3) is 0 Å². The number of thioether (sulfide) groups is 1. The summed E-state index contributed by atoms with van der Waals surface area (Å²) in [6.45, 7) is 0.266. The fourth-order valence-corrected chi connectivity index (χ4v) is 2.19. The molecular weight excluding hydrogens is 281 g/mol. The van der Waals surface area contributed by atoms with Crippen molar-refractivity contribution < 1.29 is 18.3 Å². The van der Waals surface area contributed by atoms with E-state index in [0.717, 1.165) is 0 Å². The van der Waals surface area contributed by atoms with Gasteiger partial charge in [-0.05, 0) is 0 Å². The summed E-state index contributed by atoms with van der Waals surface area (Å²) in [7, 11) is 0. The van der Waals surface area contributed by atoms with E-state index in [1.54, 1.807) is 0 Å². The third-order valence-corrected chi connectivity index (χ3v) is 3.01. The largest absolute Gasteiger partial charge is 0.438 e. The van der Waals surface area contributed by atoms with E-state index in [1.165, 1.54) is 6.19 Å². The predicted octanol–water partition coefficient (Wildman–Crippen LogP) is 0.504. The van der Waals surface area contributed by atoms with Crippen LogP contribution in [0.15, 0.2) is 4.99 Å². The average Bonchev–Trinajstić information content (AvgIpc) is 2.52. The van der Waals surface area contributed by atoms with Gasteiger partial charge in [0.15, 0.2) is 11.4 Å². The molecule has 0 aromatic rings. The van der Waals surface area contributed by atoms with Gasteiger partial charge in [-0.15, -0.1) is 12.4 Å². The van der Waals surface area contributed by atoms with Gasteiger partial charge in [-0.25, -0.2) is 4.90 Å². The van der Waals surface area contributed by atoms with Crippen molar-refractivity contribution >= 4 is 29.3 Å². The number of aliphatic imine (C=N–C) groups is 1. The van der Waals surface area contributed by atoms with Gasteiger partial charge in [-0.3, -0.25) is 4.99 Å². The highest BCUT2D eigenvalue weighted by atomic mass is 35.5. The Hall–Kier alpha value is -0.690. The van der Waals surface area contributed by atoms with Crippen LogP contribution in [0.4, 0.5) is 13.2 Å². The van der Waals surface area contributed by atoms with Gasteiger partial charge in [-0.1, -0.05) is 11.8 Å². The number of halogens is 4. The van der Waals surface area contributed by atoms with Gasteiger partial charge in [0.25, 0.3) is 5.72 Å². The summed E-state index contributed by atoms with van der Waals surface area (Å²) in [6, 6.07) is 0. The zero-order chi connectivity index (χ0) is 12.4. The smallest absolute Gasteiger partial charge is 0.362 e. The molecule has 0 aromatic carbocycles. The minimum Gasteiger partial charge on any atom is -0.362 e. The molecule has 1 atom stereocenters. The van der Waals surface area contributed by atoms with Crippen molar-refractivity contribution in [1.82, 2.24) is 4.90 Å². The van der Waals surface area contributed by atoms with Gasteiger partial charge < -0.3 is 10.8 Å². The molecule has 10 heteroatoms. The molecule has 0 aromatic heterocycles. The zero-order valence-corrected chi connectivity index (χ0v) is 10.1. The van der Waals surface area contributed by atoms with Crippen molar-refractivity contribution in [2.24, 2.45) is 10.7 Å². The summed E-state index contributed by atoms with van der Waals surface area (Å²) >= 11 is 0.677. The molecule has 1 saturated heterocycles. The molecule has 1 fully saturated rings. The normalized spacial score (nSPS) is 26.8. The van der Waals surface area contributed by atoms with Crippen molar-refractivity contribution in [2.45, 2.75) is 11.9 Å². The highest BCUT2D eigenvalue weighted by Crippen LogP contribution is 2.42. The van der Waals surface area contributed by atoms with E-state index in [-0.39, 0.29) is 35.6 Å². The van der Waals surface area contributed by atoms with E-state index < -0.39 is 17.7 Å². The van der Waals surface area contributed by atoms with Crippen LogP contribution in [-0.2, 0) is 0 Å². The van der Waals surface area contributed by atoms with Crippen molar-refractivity contribution in [2.75, 3.05) is 18.8 Å². The summed E-state index contributed by atoms with van der Waals surface area (Å²) < 4.78 is 37.6. The van der Waals surface area contributed by atoms with Crippen molar-refractivity contribution in [3.05, 3.63) is 0 Å². The first-order valence-corrected chi connectivity index (χ1v) is 5.22. The number of aliphatic hydroxyl groups is 1. The van der Waals surface area contributed by atoms with E-state index >= 15 is 0 Å². The number of nitriles is 1. The highest BCUT2D eigenvalue weighted by molar-refractivity contribution is 8.14. The maximum Gasteiger partial charge on any atom is 0.438 e. The molecule has 5 nitrogen and oxygen atoms in total. The number of nitrogens with zero attached hydrogens (tertiary/aromatic N) is 3. The predicted molar refractivity (Wildman–Crippen MR) is 59.5 cm³/mol. The zero-order valence-electron chi connectivity index (χ0n) is 8.44. The molecule has 1 heterocycles. The standard InChI is InChI=1S/C7H9F3N4OS.ClH/c8-7(9,10)6(15)3-16-5(13-2-1-11)14(6)4-12;/h15H,1-3,11H2;1H/b13-5-;. The highest BCUT2D eigenvalue weighted by Gasteiger charge is 2.63. The Morgan fingerprint density at radius 2 is 2.24 bits per heavy atom. The monoisotopic (exact) mass is 290 g/mol. The molecule has 0 bridgehead atoms. The second kappa shape index (κ2) is 5.77. The summed E-state index contributed by atoms with van der Waals surface area (Å²) in [5.74, 6) is -0.673. The number of hydrogen-bond acceptors (Lipinski definition) is 5. The Morgan fingerprint density at radius 1 is 1.65 bits per heavy atom. The first kappa shape index (κ1) is 16.3. The first-order chi connectivity index (χ1) is 7.36. The third kappa shape index (κ3) is 2.95. The van der Waals surface area contributed by atoms with E-state index in [4.69, 9.17) is 11.0 Å². The fourth-order valence-electron chi connectivity index (χ4n) is 1.06. The third-order valence-electron chi connectivity index (χ3n) is 1.89. The van der Waals surface area contributed by atoms with Crippen molar-refractivity contribution in [1.29, 1.82) is 5.26 Å². The molecular formula is C7H10ClF3N4OS. The molecule has 0 spiro atoms. The SMILES string of the molecule is Cl.N#CN1/C(=N/CCN)SCC1(O)C(F)(F)F. The number of amidine groups is 1. The van der Waals surface area contributed by atoms with Crippen LogP contribution in [-0.4, -0.2) is 45.9 Å². The van der Waals surface area contributed by atoms with Gasteiger partial charge in [0.05, 0.1) is 12.3 Å². The molecule has 0 radical (unpaired) electrons. The van der Waals surface area contributed by atoms with Gasteiger partial charge in [0.2, 0.25) is 0 Å². The molecule has 3 N–H and O–H groups in total. The molecule has 0 saturated carbocycles. The molecule has 0 aliphatic carbocycles. The van der Waals surface area contributed by atoms with E-state index in [0.29, 0.717) is 11.8 Å². The Morgan fingerprint density at radius 3 is 2.65 bits per heavy atom. The van der Waals surface area contributed by atoms with Crippen molar-refractivity contribution in [3.63, 3.8) is 0 Å². The van der Waals surface area contributed by atoms with Crippen LogP contribution in [0.2, 0.25) is 0 Å². The van der Waals surface area contributed by atoms with E-state index in [1.807, 2.05) is 0 Å². The summed E-state index contributed by atoms with van der Waals surface area (Å²) in [4.78, 5) is 3.87. The van der Waals surface area contributed by atoms with Gasteiger partial charge in [-0.2, -0.15) is 18.4 Å². The lowest BCUT2D eigenvalue weighted by molar-refractivity contribution is -0.280. The van der Waals surface area contributed by atoms with Crippen LogP contribution in [0.3, 0.4) is 0 Å². The van der Waals surface area contributed by atoms with Crippen LogP contribution in [0, 0.1) is 11.5 Å². The minimum absolute atomic E-state index is 0. The number of hydrogen-bond donors (Lipinski definition) is 2. The molecule has 1 unspecified atom stereocenters. The van der Waals surface area contributed by atoms with E-state index in [9.17, 15) is 18.3 Å². The Bertz CT molecular complexity index is 345. The Labute approximate surface area is 106 Å². The first-order valence-electron chi connectivity index (χ1n) is 4.23. The topological polar surface area (TPSA) is 85.6 Å². The van der Waals surface area contributed by atoms with Gasteiger partial charge >= 0.3 is 6.18 Å². The summed E-state index contributed by atoms with van der Waals surface area (Å²) in [5.41, 5.74) is 1.98. The summed E-state index contributed by atoms with van der Waals surface area (Å²) in [6.07, 6.45) is -3.62. The van der Waals surface area contributed by atoms with Crippen LogP contribution >= 0.6 is 24.2 Å². The Kier molecular flexibility index (Phi) is 5.54. The molecule has 1 rings (SSSR count). The maximum atomic E-state index is 12.5. The Balaban J connectivity index is 0.00000256. The van der Waals surface area contributed by atoms with E-state index in [2.05, 4.69) is 4.99 Å². The average molecular weight is 291 g/mol. The fraction of sp³-hybridized carbons (Fsp3) is 0.714. The lowest BCUT2D eigenvalue weighted by Crippen LogP contribution is -2.56. The second-order valence-electron chi connectivity index (χ2n) is 2.99. The molecule has 98 valence electrons. The molecule has 1 aliphatic rings. The van der Waals surface area contributed by atoms with Gasteiger partial charge in [0.1, 0.15) is 0 Å². The van der Waals surface area contributed by atoms with Crippen molar-refractivity contribution in [3.8, 4) is 6.19 Å². The molecule has 17 heavy (non-hydrogen) atoms. The number of nitrogens with two attached hydrogens (primary N) is 1. The summed E-state index contributed by atoms with van der Waals surface area (Å²) in [5, 5.41) is 17.9. The van der Waals surface area contributed by atoms with Crippen LogP contribution in [0.5, 0.6) is 0 Å². The van der Waals surface area contributed by atoms with Crippen LogP contribution < -0.4 is 5.73 Å². The lowest BCUT2D eigenvalue weighted by Gasteiger charge is -2.29. The second-order valence-corrected chi connectivity index (χ2v) is 3.93.